The zero-order valence-electron chi connectivity index (χ0n) is 7.47. The quantitative estimate of drug-likeness (QED) is 0.729. The van der Waals surface area contributed by atoms with Gasteiger partial charge in [-0.15, -0.1) is 0 Å². The van der Waals surface area contributed by atoms with Crippen LogP contribution in [0.5, 0.6) is 0 Å². The Morgan fingerprint density at radius 1 is 1.85 bits per heavy atom. The van der Waals surface area contributed by atoms with Crippen LogP contribution in [-0.4, -0.2) is 31.1 Å². The summed E-state index contributed by atoms with van der Waals surface area (Å²) in [5.74, 6) is -0.790. The van der Waals surface area contributed by atoms with Crippen LogP contribution in [0, 0.1) is 0 Å². The molecule has 1 atom stereocenters. The average molecular weight is 201 g/mol. The summed E-state index contributed by atoms with van der Waals surface area (Å²) < 4.78 is 1.63. The predicted octanol–water partition coefficient (Wildman–Crippen LogP) is 0.770. The molecule has 0 radical (unpaired) electrons. The molecule has 72 valence electrons. The van der Waals surface area contributed by atoms with Gasteiger partial charge in [0.15, 0.2) is 5.16 Å². The van der Waals surface area contributed by atoms with Gasteiger partial charge in [0.1, 0.15) is 6.33 Å². The van der Waals surface area contributed by atoms with Crippen molar-refractivity contribution < 1.29 is 9.90 Å². The molecule has 0 bridgehead atoms. The van der Waals surface area contributed by atoms with Crippen LogP contribution in [0.2, 0.25) is 0 Å². The van der Waals surface area contributed by atoms with Gasteiger partial charge in [0.2, 0.25) is 0 Å². The van der Waals surface area contributed by atoms with Gasteiger partial charge in [0.25, 0.3) is 0 Å². The van der Waals surface area contributed by atoms with E-state index in [0.717, 1.165) is 5.16 Å². The third kappa shape index (κ3) is 3.06. The van der Waals surface area contributed by atoms with E-state index in [1.54, 1.807) is 11.7 Å². The van der Waals surface area contributed by atoms with Crippen LogP contribution in [0.3, 0.4) is 0 Å². The molecule has 1 heterocycles. The first kappa shape index (κ1) is 10.0. The standard InChI is InChI=1S/C7H11N3O2S/c1-5(3-6(11)12)13-7-8-4-9-10(7)2/h4-5H,3H2,1-2H3,(H,11,12). The summed E-state index contributed by atoms with van der Waals surface area (Å²) in [4.78, 5) is 14.4. The van der Waals surface area contributed by atoms with E-state index in [-0.39, 0.29) is 11.7 Å². The summed E-state index contributed by atoms with van der Waals surface area (Å²) in [6.45, 7) is 1.85. The van der Waals surface area contributed by atoms with Gasteiger partial charge in [0, 0.05) is 12.3 Å². The van der Waals surface area contributed by atoms with Crippen LogP contribution in [-0.2, 0) is 11.8 Å². The molecular formula is C7H11N3O2S. The number of carbonyl (C=O) groups is 1. The summed E-state index contributed by atoms with van der Waals surface area (Å²) in [6, 6.07) is 0. The first-order valence-corrected chi connectivity index (χ1v) is 4.70. The largest absolute Gasteiger partial charge is 0.481 e. The van der Waals surface area contributed by atoms with Gasteiger partial charge in [-0.25, -0.2) is 9.67 Å². The second-order valence-electron chi connectivity index (χ2n) is 2.69. The molecule has 0 saturated carbocycles. The fraction of sp³-hybridized carbons (Fsp3) is 0.571. The second-order valence-corrected chi connectivity index (χ2v) is 4.10. The van der Waals surface area contributed by atoms with Crippen molar-refractivity contribution >= 4 is 17.7 Å². The Morgan fingerprint density at radius 2 is 2.54 bits per heavy atom. The maximum atomic E-state index is 10.4. The molecular weight excluding hydrogens is 190 g/mol. The van der Waals surface area contributed by atoms with E-state index in [1.807, 2.05) is 6.92 Å². The topological polar surface area (TPSA) is 68.0 Å². The number of hydrogen-bond donors (Lipinski definition) is 1. The molecule has 1 aromatic heterocycles. The van der Waals surface area contributed by atoms with Gasteiger partial charge in [-0.1, -0.05) is 18.7 Å². The van der Waals surface area contributed by atoms with Gasteiger partial charge in [0.05, 0.1) is 6.42 Å². The van der Waals surface area contributed by atoms with E-state index >= 15 is 0 Å². The van der Waals surface area contributed by atoms with Gasteiger partial charge in [-0.05, 0) is 0 Å². The molecule has 1 N–H and O–H groups in total. The van der Waals surface area contributed by atoms with Crippen LogP contribution < -0.4 is 0 Å². The van der Waals surface area contributed by atoms with Crippen molar-refractivity contribution in [1.82, 2.24) is 14.8 Å². The fourth-order valence-electron chi connectivity index (χ4n) is 0.860. The first-order chi connectivity index (χ1) is 6.09. The summed E-state index contributed by atoms with van der Waals surface area (Å²) in [6.07, 6.45) is 1.59. The molecule has 0 amide bonds. The Bertz CT molecular complexity index is 300. The Labute approximate surface area is 80.2 Å². The van der Waals surface area contributed by atoms with Crippen molar-refractivity contribution in [2.75, 3.05) is 0 Å². The molecule has 0 aliphatic rings. The number of hydrogen-bond acceptors (Lipinski definition) is 4. The predicted molar refractivity (Wildman–Crippen MR) is 48.6 cm³/mol. The number of carboxylic acid groups (broad SMARTS) is 1. The highest BCUT2D eigenvalue weighted by atomic mass is 32.2. The van der Waals surface area contributed by atoms with Crippen molar-refractivity contribution in [3.63, 3.8) is 0 Å². The second kappa shape index (κ2) is 4.27. The zero-order valence-corrected chi connectivity index (χ0v) is 8.28. The summed E-state index contributed by atoms with van der Waals surface area (Å²) in [5, 5.41) is 13.2. The lowest BCUT2D eigenvalue weighted by molar-refractivity contribution is -0.136. The highest BCUT2D eigenvalue weighted by molar-refractivity contribution is 7.99. The SMILES string of the molecule is CC(CC(=O)O)Sc1ncnn1C. The molecule has 0 aliphatic carbocycles. The number of aromatic nitrogens is 3. The molecule has 1 aromatic rings. The zero-order chi connectivity index (χ0) is 9.84. The Kier molecular flexibility index (Phi) is 3.30. The Hall–Kier alpha value is -1.04. The minimum atomic E-state index is -0.790. The molecule has 6 heteroatoms. The highest BCUT2D eigenvalue weighted by Crippen LogP contribution is 2.21. The fourth-order valence-corrected chi connectivity index (χ4v) is 1.75. The van der Waals surface area contributed by atoms with E-state index in [0.29, 0.717) is 0 Å². The number of carboxylic acids is 1. The number of thioether (sulfide) groups is 1. The third-order valence-corrected chi connectivity index (χ3v) is 2.59. The maximum absolute atomic E-state index is 10.4. The normalized spacial score (nSPS) is 12.8. The van der Waals surface area contributed by atoms with E-state index in [9.17, 15) is 4.79 Å². The van der Waals surface area contributed by atoms with E-state index in [2.05, 4.69) is 10.1 Å². The maximum Gasteiger partial charge on any atom is 0.304 e. The minimum Gasteiger partial charge on any atom is -0.481 e. The first-order valence-electron chi connectivity index (χ1n) is 3.82. The molecule has 13 heavy (non-hydrogen) atoms. The van der Waals surface area contributed by atoms with Crippen LogP contribution >= 0.6 is 11.8 Å². The van der Waals surface area contributed by atoms with Crippen LogP contribution in [0.1, 0.15) is 13.3 Å². The highest BCUT2D eigenvalue weighted by Gasteiger charge is 2.11. The van der Waals surface area contributed by atoms with Gasteiger partial charge >= 0.3 is 5.97 Å². The van der Waals surface area contributed by atoms with Crippen molar-refractivity contribution in [2.45, 2.75) is 23.8 Å². The van der Waals surface area contributed by atoms with Gasteiger partial charge < -0.3 is 5.11 Å². The summed E-state index contributed by atoms with van der Waals surface area (Å²) in [7, 11) is 1.78. The monoisotopic (exact) mass is 201 g/mol. The Morgan fingerprint density at radius 3 is 3.00 bits per heavy atom. The molecule has 1 unspecified atom stereocenters. The average Bonchev–Trinajstić information content (AvgIpc) is 2.34. The molecule has 0 aliphatic heterocycles. The molecule has 0 fully saturated rings. The summed E-state index contributed by atoms with van der Waals surface area (Å²) in [5.41, 5.74) is 0. The van der Waals surface area contributed by atoms with E-state index in [4.69, 9.17) is 5.11 Å². The lowest BCUT2D eigenvalue weighted by Gasteiger charge is -2.06. The lowest BCUT2D eigenvalue weighted by Crippen LogP contribution is -2.07. The lowest BCUT2D eigenvalue weighted by atomic mass is 10.3. The van der Waals surface area contributed by atoms with Gasteiger partial charge in [-0.2, -0.15) is 5.10 Å². The Balaban J connectivity index is 2.49. The van der Waals surface area contributed by atoms with E-state index in [1.165, 1.54) is 18.1 Å². The van der Waals surface area contributed by atoms with E-state index < -0.39 is 5.97 Å². The summed E-state index contributed by atoms with van der Waals surface area (Å²) >= 11 is 1.41. The number of nitrogens with zero attached hydrogens (tertiary/aromatic N) is 3. The van der Waals surface area contributed by atoms with Crippen molar-refractivity contribution in [3.05, 3.63) is 6.33 Å². The molecule has 1 rings (SSSR count). The van der Waals surface area contributed by atoms with Crippen molar-refractivity contribution in [1.29, 1.82) is 0 Å². The van der Waals surface area contributed by atoms with Gasteiger partial charge in [-0.3, -0.25) is 4.79 Å². The molecule has 5 nitrogen and oxygen atoms in total. The van der Waals surface area contributed by atoms with Crippen LogP contribution in [0.15, 0.2) is 11.5 Å². The number of rotatable bonds is 4. The molecule has 0 saturated heterocycles. The number of aryl methyl sites for hydroxylation is 1. The van der Waals surface area contributed by atoms with Crippen molar-refractivity contribution in [2.24, 2.45) is 7.05 Å². The smallest absolute Gasteiger partial charge is 0.304 e. The molecule has 0 spiro atoms. The number of aliphatic carboxylic acids is 1. The van der Waals surface area contributed by atoms with Crippen LogP contribution in [0.4, 0.5) is 0 Å². The minimum absolute atomic E-state index is 0.0143. The molecule has 0 aromatic carbocycles. The third-order valence-electron chi connectivity index (χ3n) is 1.44. The van der Waals surface area contributed by atoms with Crippen LogP contribution in [0.25, 0.3) is 0 Å². The van der Waals surface area contributed by atoms with Crippen molar-refractivity contribution in [3.8, 4) is 0 Å².